The first-order valence-corrected chi connectivity index (χ1v) is 9.22. The van der Waals surface area contributed by atoms with Gasteiger partial charge in [0.15, 0.2) is 5.82 Å². The highest BCUT2D eigenvalue weighted by atomic mass is 35.5. The van der Waals surface area contributed by atoms with E-state index in [9.17, 15) is 9.18 Å². The zero-order valence-corrected chi connectivity index (χ0v) is 15.9. The van der Waals surface area contributed by atoms with Gasteiger partial charge in [0.2, 0.25) is 0 Å². The van der Waals surface area contributed by atoms with E-state index in [1.165, 1.54) is 24.7 Å². The number of anilines is 1. The summed E-state index contributed by atoms with van der Waals surface area (Å²) < 4.78 is 14.8. The molecule has 4 nitrogen and oxygen atoms in total. The average molecular weight is 404 g/mol. The largest absolute Gasteiger partial charge is 0.305 e. The van der Waals surface area contributed by atoms with Gasteiger partial charge in [-0.25, -0.2) is 9.37 Å². The maximum atomic E-state index is 14.8. The first-order valence-electron chi connectivity index (χ1n) is 8.84. The van der Waals surface area contributed by atoms with Gasteiger partial charge in [-0.2, -0.15) is 0 Å². The zero-order chi connectivity index (χ0) is 20.2. The van der Waals surface area contributed by atoms with Crippen molar-refractivity contribution in [3.05, 3.63) is 102 Å². The fraction of sp³-hybridized carbons (Fsp3) is 0. The van der Waals surface area contributed by atoms with Crippen molar-refractivity contribution in [3.8, 4) is 22.3 Å². The molecule has 29 heavy (non-hydrogen) atoms. The first-order chi connectivity index (χ1) is 14.1. The predicted octanol–water partition coefficient (Wildman–Crippen LogP) is 5.86. The van der Waals surface area contributed by atoms with Crippen molar-refractivity contribution < 1.29 is 9.18 Å². The number of amides is 1. The Labute approximate surface area is 172 Å². The molecular formula is C23H15ClFN3O. The van der Waals surface area contributed by atoms with Crippen molar-refractivity contribution >= 4 is 23.3 Å². The van der Waals surface area contributed by atoms with Crippen LogP contribution < -0.4 is 5.32 Å². The number of benzene rings is 3. The molecule has 1 heterocycles. The van der Waals surface area contributed by atoms with Crippen LogP contribution in [0.1, 0.15) is 10.4 Å². The van der Waals surface area contributed by atoms with Crippen molar-refractivity contribution in [2.75, 3.05) is 5.32 Å². The molecule has 4 aromatic rings. The third kappa shape index (κ3) is 4.15. The van der Waals surface area contributed by atoms with Gasteiger partial charge in [-0.05, 0) is 35.4 Å². The smallest absolute Gasteiger partial charge is 0.256 e. The zero-order valence-electron chi connectivity index (χ0n) is 15.1. The number of nitrogens with one attached hydrogen (secondary N) is 1. The molecule has 6 heteroatoms. The summed E-state index contributed by atoms with van der Waals surface area (Å²) in [4.78, 5) is 20.5. The minimum Gasteiger partial charge on any atom is -0.305 e. The lowest BCUT2D eigenvalue weighted by molar-refractivity contribution is 0.102. The molecule has 3 aromatic carbocycles. The summed E-state index contributed by atoms with van der Waals surface area (Å²) in [6, 6.07) is 19.1. The van der Waals surface area contributed by atoms with E-state index in [-0.39, 0.29) is 11.7 Å². The van der Waals surface area contributed by atoms with Crippen LogP contribution in [0.2, 0.25) is 5.02 Å². The molecule has 4 rings (SSSR count). The average Bonchev–Trinajstić information content (AvgIpc) is 2.75. The van der Waals surface area contributed by atoms with Crippen LogP contribution in [0.25, 0.3) is 22.3 Å². The van der Waals surface area contributed by atoms with Gasteiger partial charge >= 0.3 is 0 Å². The molecule has 0 aliphatic carbocycles. The summed E-state index contributed by atoms with van der Waals surface area (Å²) >= 11 is 6.33. The Morgan fingerprint density at radius 3 is 2.45 bits per heavy atom. The Bertz CT molecular complexity index is 1170. The molecule has 0 aliphatic heterocycles. The van der Waals surface area contributed by atoms with Crippen molar-refractivity contribution in [1.82, 2.24) is 9.97 Å². The van der Waals surface area contributed by atoms with Crippen LogP contribution in [-0.2, 0) is 0 Å². The number of hydrogen-bond acceptors (Lipinski definition) is 3. The normalized spacial score (nSPS) is 10.6. The lowest BCUT2D eigenvalue weighted by Gasteiger charge is -2.10. The maximum absolute atomic E-state index is 14.8. The standard InChI is InChI=1S/C23H15ClFN3O/c24-20-9-7-17(23(29)28-22-14-26-10-11-27-22)12-19(20)16-6-8-18(21(25)13-16)15-4-2-1-3-5-15/h1-14H,(H,27,28,29). The van der Waals surface area contributed by atoms with E-state index in [2.05, 4.69) is 15.3 Å². The molecule has 0 fully saturated rings. The Morgan fingerprint density at radius 1 is 0.897 bits per heavy atom. The number of halogens is 2. The Kier molecular flexibility index (Phi) is 5.31. The molecule has 1 aromatic heterocycles. The summed E-state index contributed by atoms with van der Waals surface area (Å²) in [6.45, 7) is 0. The van der Waals surface area contributed by atoms with Crippen LogP contribution in [0.5, 0.6) is 0 Å². The van der Waals surface area contributed by atoms with E-state index >= 15 is 0 Å². The number of aromatic nitrogens is 2. The van der Waals surface area contributed by atoms with Crippen LogP contribution in [0.4, 0.5) is 10.2 Å². The van der Waals surface area contributed by atoms with E-state index in [1.807, 2.05) is 30.3 Å². The second-order valence-corrected chi connectivity index (χ2v) is 6.71. The monoisotopic (exact) mass is 403 g/mol. The predicted molar refractivity (Wildman–Crippen MR) is 112 cm³/mol. The number of carbonyl (C=O) groups is 1. The molecule has 142 valence electrons. The van der Waals surface area contributed by atoms with Gasteiger partial charge < -0.3 is 5.32 Å². The maximum Gasteiger partial charge on any atom is 0.256 e. The van der Waals surface area contributed by atoms with E-state index in [0.29, 0.717) is 33.1 Å². The SMILES string of the molecule is O=C(Nc1cnccn1)c1ccc(Cl)c(-c2ccc(-c3ccccc3)c(F)c2)c1. The van der Waals surface area contributed by atoms with Crippen LogP contribution >= 0.6 is 11.6 Å². The van der Waals surface area contributed by atoms with Gasteiger partial charge in [-0.15, -0.1) is 0 Å². The molecule has 1 amide bonds. The van der Waals surface area contributed by atoms with E-state index < -0.39 is 0 Å². The fourth-order valence-electron chi connectivity index (χ4n) is 2.97. The molecule has 0 spiro atoms. The van der Waals surface area contributed by atoms with E-state index in [1.54, 1.807) is 30.3 Å². The van der Waals surface area contributed by atoms with Crippen LogP contribution in [0.15, 0.2) is 85.3 Å². The molecular weight excluding hydrogens is 389 g/mol. The lowest BCUT2D eigenvalue weighted by atomic mass is 9.98. The highest BCUT2D eigenvalue weighted by Gasteiger charge is 2.13. The van der Waals surface area contributed by atoms with Gasteiger partial charge in [0.1, 0.15) is 5.82 Å². The van der Waals surface area contributed by atoms with Gasteiger partial charge in [-0.1, -0.05) is 54.1 Å². The second-order valence-electron chi connectivity index (χ2n) is 6.30. The topological polar surface area (TPSA) is 54.9 Å². The molecule has 0 atom stereocenters. The Balaban J connectivity index is 1.66. The third-order valence-electron chi connectivity index (χ3n) is 4.40. The summed E-state index contributed by atoms with van der Waals surface area (Å²) in [5.74, 6) is -0.378. The first kappa shape index (κ1) is 18.8. The second kappa shape index (κ2) is 8.20. The Hall–Kier alpha value is -3.57. The highest BCUT2D eigenvalue weighted by Crippen LogP contribution is 2.32. The minimum absolute atomic E-state index is 0.340. The molecule has 0 saturated heterocycles. The molecule has 1 N–H and O–H groups in total. The van der Waals surface area contributed by atoms with Crippen molar-refractivity contribution in [1.29, 1.82) is 0 Å². The van der Waals surface area contributed by atoms with E-state index in [0.717, 1.165) is 5.56 Å². The van der Waals surface area contributed by atoms with Crippen LogP contribution in [-0.4, -0.2) is 15.9 Å². The molecule has 0 unspecified atom stereocenters. The van der Waals surface area contributed by atoms with Gasteiger partial charge in [0.05, 0.1) is 6.20 Å². The number of rotatable bonds is 4. The number of carbonyl (C=O) groups excluding carboxylic acids is 1. The lowest BCUT2D eigenvalue weighted by Crippen LogP contribution is -2.13. The molecule has 0 saturated carbocycles. The summed E-state index contributed by atoms with van der Waals surface area (Å²) in [5, 5.41) is 3.09. The molecule has 0 aliphatic rings. The summed E-state index contributed by atoms with van der Waals surface area (Å²) in [7, 11) is 0. The van der Waals surface area contributed by atoms with Gasteiger partial charge in [-0.3, -0.25) is 9.78 Å². The molecule has 0 bridgehead atoms. The van der Waals surface area contributed by atoms with Crippen LogP contribution in [0, 0.1) is 5.82 Å². The highest BCUT2D eigenvalue weighted by molar-refractivity contribution is 6.33. The van der Waals surface area contributed by atoms with Gasteiger partial charge in [0.25, 0.3) is 5.91 Å². The fourth-order valence-corrected chi connectivity index (χ4v) is 3.20. The number of hydrogen-bond donors (Lipinski definition) is 1. The van der Waals surface area contributed by atoms with Crippen LogP contribution in [0.3, 0.4) is 0 Å². The Morgan fingerprint density at radius 2 is 1.72 bits per heavy atom. The number of nitrogens with zero attached hydrogens (tertiary/aromatic N) is 2. The van der Waals surface area contributed by atoms with Crippen molar-refractivity contribution in [2.24, 2.45) is 0 Å². The molecule has 0 radical (unpaired) electrons. The van der Waals surface area contributed by atoms with Gasteiger partial charge in [0, 0.05) is 34.1 Å². The van der Waals surface area contributed by atoms with Crippen molar-refractivity contribution in [3.63, 3.8) is 0 Å². The van der Waals surface area contributed by atoms with E-state index in [4.69, 9.17) is 11.6 Å². The summed E-state index contributed by atoms with van der Waals surface area (Å²) in [5.41, 5.74) is 2.82. The summed E-state index contributed by atoms with van der Waals surface area (Å²) in [6.07, 6.45) is 4.45. The quantitative estimate of drug-likeness (QED) is 0.464. The van der Waals surface area contributed by atoms with Crippen molar-refractivity contribution in [2.45, 2.75) is 0 Å². The third-order valence-corrected chi connectivity index (χ3v) is 4.73. The minimum atomic E-state index is -0.362.